The minimum Gasteiger partial charge on any atom is -0.394 e. The molecule has 0 aliphatic carbocycles. The number of aliphatic hydroxyl groups excluding tert-OH is 1. The first-order chi connectivity index (χ1) is 6.07. The Balaban J connectivity index is 0.00000169. The summed E-state index contributed by atoms with van der Waals surface area (Å²) in [6.07, 6.45) is 0. The highest BCUT2D eigenvalue weighted by molar-refractivity contribution is 5.85. The Morgan fingerprint density at radius 1 is 1.36 bits per heavy atom. The van der Waals surface area contributed by atoms with Crippen molar-refractivity contribution >= 4 is 12.4 Å². The van der Waals surface area contributed by atoms with Crippen molar-refractivity contribution in [3.05, 3.63) is 34.9 Å². The van der Waals surface area contributed by atoms with E-state index in [1.54, 1.807) is 0 Å². The van der Waals surface area contributed by atoms with Crippen LogP contribution in [0.15, 0.2) is 12.1 Å². The summed E-state index contributed by atoms with van der Waals surface area (Å²) in [4.78, 5) is 0. The number of benzene rings is 1. The highest BCUT2D eigenvalue weighted by Gasteiger charge is 2.15. The molecule has 0 aromatic heterocycles. The molecule has 0 saturated heterocycles. The van der Waals surface area contributed by atoms with Crippen LogP contribution in [0.2, 0.25) is 0 Å². The van der Waals surface area contributed by atoms with E-state index in [1.807, 2.05) is 0 Å². The summed E-state index contributed by atoms with van der Waals surface area (Å²) in [5, 5.41) is 8.66. The van der Waals surface area contributed by atoms with Gasteiger partial charge in [0.2, 0.25) is 0 Å². The maximum atomic E-state index is 13.1. The molecule has 14 heavy (non-hydrogen) atoms. The smallest absolute Gasteiger partial charge is 0.163 e. The van der Waals surface area contributed by atoms with Crippen molar-refractivity contribution in [2.24, 2.45) is 5.73 Å². The molecule has 1 atom stereocenters. The standard InChI is InChI=1S/C9H11F2NO.ClH/c1-5-2-3-6(7(12)4-13)9(11)8(5)10;/h2-3,7,13H,4,12H2,1H3;1H/t7-;/m1./s1. The second-order valence-corrected chi connectivity index (χ2v) is 2.89. The van der Waals surface area contributed by atoms with Gasteiger partial charge in [0.05, 0.1) is 12.6 Å². The van der Waals surface area contributed by atoms with Crippen molar-refractivity contribution in [3.63, 3.8) is 0 Å². The van der Waals surface area contributed by atoms with Gasteiger partial charge in [-0.3, -0.25) is 0 Å². The van der Waals surface area contributed by atoms with Gasteiger partial charge < -0.3 is 10.8 Å². The molecule has 0 unspecified atom stereocenters. The number of halogens is 3. The van der Waals surface area contributed by atoms with Crippen LogP contribution in [0.4, 0.5) is 8.78 Å². The quantitative estimate of drug-likeness (QED) is 0.802. The molecule has 0 aliphatic heterocycles. The van der Waals surface area contributed by atoms with Gasteiger partial charge in [0.1, 0.15) is 0 Å². The van der Waals surface area contributed by atoms with Crippen LogP contribution in [0.25, 0.3) is 0 Å². The number of aliphatic hydroxyl groups is 1. The minimum absolute atomic E-state index is 0. The van der Waals surface area contributed by atoms with Gasteiger partial charge in [0.25, 0.3) is 0 Å². The molecule has 0 aliphatic rings. The molecule has 0 fully saturated rings. The van der Waals surface area contributed by atoms with Gasteiger partial charge in [-0.15, -0.1) is 12.4 Å². The average molecular weight is 224 g/mol. The van der Waals surface area contributed by atoms with E-state index in [4.69, 9.17) is 10.8 Å². The molecular weight excluding hydrogens is 212 g/mol. The summed E-state index contributed by atoms with van der Waals surface area (Å²) in [5.74, 6) is -1.87. The summed E-state index contributed by atoms with van der Waals surface area (Å²) in [5.41, 5.74) is 5.59. The number of hydrogen-bond acceptors (Lipinski definition) is 2. The maximum Gasteiger partial charge on any atom is 0.163 e. The van der Waals surface area contributed by atoms with Gasteiger partial charge in [0, 0.05) is 5.56 Å². The second-order valence-electron chi connectivity index (χ2n) is 2.89. The normalized spacial score (nSPS) is 12.1. The van der Waals surface area contributed by atoms with Gasteiger partial charge in [-0.1, -0.05) is 12.1 Å². The van der Waals surface area contributed by atoms with Crippen molar-refractivity contribution in [2.45, 2.75) is 13.0 Å². The molecule has 0 heterocycles. The van der Waals surface area contributed by atoms with Crippen LogP contribution >= 0.6 is 12.4 Å². The Hall–Kier alpha value is -0.710. The van der Waals surface area contributed by atoms with Crippen LogP contribution in [-0.2, 0) is 0 Å². The lowest BCUT2D eigenvalue weighted by Gasteiger charge is -2.10. The van der Waals surface area contributed by atoms with E-state index >= 15 is 0 Å². The zero-order chi connectivity index (χ0) is 10.0. The summed E-state index contributed by atoms with van der Waals surface area (Å²) in [7, 11) is 0. The fraction of sp³-hybridized carbons (Fsp3) is 0.333. The Morgan fingerprint density at radius 2 is 1.93 bits per heavy atom. The minimum atomic E-state index is -0.971. The molecule has 0 spiro atoms. The molecule has 3 N–H and O–H groups in total. The van der Waals surface area contributed by atoms with E-state index in [1.165, 1.54) is 19.1 Å². The van der Waals surface area contributed by atoms with Gasteiger partial charge in [-0.2, -0.15) is 0 Å². The third-order valence-corrected chi connectivity index (χ3v) is 1.90. The summed E-state index contributed by atoms with van der Waals surface area (Å²) in [6, 6.07) is 1.95. The predicted octanol–water partition coefficient (Wildman–Crippen LogP) is 1.69. The van der Waals surface area contributed by atoms with Crippen molar-refractivity contribution < 1.29 is 13.9 Å². The summed E-state index contributed by atoms with van der Waals surface area (Å²) >= 11 is 0. The van der Waals surface area contributed by atoms with Gasteiger partial charge >= 0.3 is 0 Å². The molecule has 80 valence electrons. The lowest BCUT2D eigenvalue weighted by atomic mass is 10.1. The summed E-state index contributed by atoms with van der Waals surface area (Å²) < 4.78 is 26.1. The van der Waals surface area contributed by atoms with E-state index in [2.05, 4.69) is 0 Å². The van der Waals surface area contributed by atoms with Crippen molar-refractivity contribution in [1.82, 2.24) is 0 Å². The van der Waals surface area contributed by atoms with Crippen LogP contribution < -0.4 is 5.73 Å². The van der Waals surface area contributed by atoms with Crippen LogP contribution in [0.1, 0.15) is 17.2 Å². The number of hydrogen-bond donors (Lipinski definition) is 2. The maximum absolute atomic E-state index is 13.1. The van der Waals surface area contributed by atoms with Crippen LogP contribution in [0.3, 0.4) is 0 Å². The molecule has 0 radical (unpaired) electrons. The zero-order valence-electron chi connectivity index (χ0n) is 7.63. The first-order valence-corrected chi connectivity index (χ1v) is 3.89. The average Bonchev–Trinajstić information content (AvgIpc) is 2.13. The zero-order valence-corrected chi connectivity index (χ0v) is 8.44. The molecule has 0 amide bonds. The molecule has 1 aromatic rings. The lowest BCUT2D eigenvalue weighted by Crippen LogP contribution is -2.17. The fourth-order valence-corrected chi connectivity index (χ4v) is 1.05. The second kappa shape index (κ2) is 5.24. The first kappa shape index (κ1) is 13.3. The van der Waals surface area contributed by atoms with Gasteiger partial charge in [-0.05, 0) is 12.5 Å². The Bertz CT molecular complexity index is 320. The topological polar surface area (TPSA) is 46.2 Å². The van der Waals surface area contributed by atoms with E-state index in [0.717, 1.165) is 0 Å². The number of rotatable bonds is 2. The Kier molecular flexibility index (Phi) is 4.97. The lowest BCUT2D eigenvalue weighted by molar-refractivity contribution is 0.264. The third kappa shape index (κ3) is 2.41. The van der Waals surface area contributed by atoms with Crippen LogP contribution in [0, 0.1) is 18.6 Å². The number of nitrogens with two attached hydrogens (primary N) is 1. The molecule has 2 nitrogen and oxygen atoms in total. The Morgan fingerprint density at radius 3 is 2.43 bits per heavy atom. The Labute approximate surface area is 87.1 Å². The highest BCUT2D eigenvalue weighted by atomic mass is 35.5. The van der Waals surface area contributed by atoms with Crippen LogP contribution in [0.5, 0.6) is 0 Å². The van der Waals surface area contributed by atoms with Crippen LogP contribution in [-0.4, -0.2) is 11.7 Å². The van der Waals surface area contributed by atoms with Crippen molar-refractivity contribution in [1.29, 1.82) is 0 Å². The van der Waals surface area contributed by atoms with Crippen molar-refractivity contribution in [3.8, 4) is 0 Å². The molecule has 1 aromatic carbocycles. The molecule has 1 rings (SSSR count). The SMILES string of the molecule is Cc1ccc([C@H](N)CO)c(F)c1F.Cl. The molecular formula is C9H12ClF2NO. The third-order valence-electron chi connectivity index (χ3n) is 1.90. The molecule has 0 saturated carbocycles. The van der Waals surface area contributed by atoms with Gasteiger partial charge in [0.15, 0.2) is 11.6 Å². The number of aryl methyl sites for hydroxylation is 1. The first-order valence-electron chi connectivity index (χ1n) is 3.89. The van der Waals surface area contributed by atoms with E-state index in [9.17, 15) is 8.78 Å². The predicted molar refractivity (Wildman–Crippen MR) is 52.4 cm³/mol. The van der Waals surface area contributed by atoms with E-state index < -0.39 is 24.3 Å². The largest absolute Gasteiger partial charge is 0.394 e. The molecule has 0 bridgehead atoms. The molecule has 5 heteroatoms. The van der Waals surface area contributed by atoms with Crippen molar-refractivity contribution in [2.75, 3.05) is 6.61 Å². The highest BCUT2D eigenvalue weighted by Crippen LogP contribution is 2.19. The summed E-state index contributed by atoms with van der Waals surface area (Å²) in [6.45, 7) is 1.06. The fourth-order valence-electron chi connectivity index (χ4n) is 1.05. The monoisotopic (exact) mass is 223 g/mol. The van der Waals surface area contributed by atoms with E-state index in [-0.39, 0.29) is 23.5 Å². The van der Waals surface area contributed by atoms with E-state index in [0.29, 0.717) is 0 Å². The van der Waals surface area contributed by atoms with Gasteiger partial charge in [-0.25, -0.2) is 8.78 Å².